The Labute approximate surface area is 146 Å². The number of amides is 1. The fraction of sp³-hybridized carbons (Fsp3) is 0.619. The first kappa shape index (κ1) is 18.7. The van der Waals surface area contributed by atoms with Crippen molar-refractivity contribution in [2.24, 2.45) is 16.4 Å². The van der Waals surface area contributed by atoms with Gasteiger partial charge in [0.2, 0.25) is 0 Å². The summed E-state index contributed by atoms with van der Waals surface area (Å²) >= 11 is 0. The molecule has 1 aromatic carbocycles. The van der Waals surface area contributed by atoms with Crippen LogP contribution in [0.15, 0.2) is 29.4 Å². The van der Waals surface area contributed by atoms with E-state index in [0.29, 0.717) is 11.0 Å². The summed E-state index contributed by atoms with van der Waals surface area (Å²) in [6.45, 7) is 13.4. The zero-order valence-electron chi connectivity index (χ0n) is 16.1. The molecule has 0 aliphatic heterocycles. The molecule has 1 aromatic rings. The number of carbonyl (C=O) groups is 1. The van der Waals surface area contributed by atoms with Crippen LogP contribution in [0.2, 0.25) is 0 Å². The smallest absolute Gasteiger partial charge is 0.267 e. The van der Waals surface area contributed by atoms with Crippen molar-refractivity contribution >= 4 is 11.6 Å². The van der Waals surface area contributed by atoms with Crippen LogP contribution in [0.4, 0.5) is 0 Å². The van der Waals surface area contributed by atoms with E-state index in [0.717, 1.165) is 24.5 Å². The van der Waals surface area contributed by atoms with Crippen LogP contribution < -0.4 is 5.43 Å². The van der Waals surface area contributed by atoms with Gasteiger partial charge in [-0.05, 0) is 60.1 Å². The van der Waals surface area contributed by atoms with E-state index in [9.17, 15) is 4.79 Å². The van der Waals surface area contributed by atoms with Gasteiger partial charge in [-0.2, -0.15) is 5.10 Å². The molecular formula is C21H32N2O. The maximum absolute atomic E-state index is 12.3. The van der Waals surface area contributed by atoms with E-state index in [1.165, 1.54) is 18.4 Å². The molecule has 132 valence electrons. The van der Waals surface area contributed by atoms with E-state index in [4.69, 9.17) is 0 Å². The lowest BCUT2D eigenvalue weighted by Crippen LogP contribution is -2.27. The summed E-state index contributed by atoms with van der Waals surface area (Å²) in [5, 5.41) is 4.36. The van der Waals surface area contributed by atoms with Crippen molar-refractivity contribution in [2.75, 3.05) is 0 Å². The third-order valence-corrected chi connectivity index (χ3v) is 5.12. The molecule has 2 rings (SSSR count). The van der Waals surface area contributed by atoms with Crippen molar-refractivity contribution < 1.29 is 4.79 Å². The maximum atomic E-state index is 12.3. The molecule has 0 saturated heterocycles. The molecule has 1 amide bonds. The van der Waals surface area contributed by atoms with Gasteiger partial charge in [0.1, 0.15) is 0 Å². The van der Waals surface area contributed by atoms with Crippen LogP contribution in [0.5, 0.6) is 0 Å². The van der Waals surface area contributed by atoms with Gasteiger partial charge in [-0.25, -0.2) is 5.43 Å². The molecule has 0 radical (unpaired) electrons. The molecule has 0 spiro atoms. The number of hydrogen-bond donors (Lipinski definition) is 1. The molecule has 24 heavy (non-hydrogen) atoms. The van der Waals surface area contributed by atoms with Crippen LogP contribution in [0.25, 0.3) is 0 Å². The first-order valence-corrected chi connectivity index (χ1v) is 9.03. The topological polar surface area (TPSA) is 41.5 Å². The van der Waals surface area contributed by atoms with Gasteiger partial charge in [0.05, 0.1) is 0 Å². The van der Waals surface area contributed by atoms with Crippen LogP contribution >= 0.6 is 0 Å². The number of hydrazone groups is 1. The van der Waals surface area contributed by atoms with Crippen molar-refractivity contribution in [1.29, 1.82) is 0 Å². The van der Waals surface area contributed by atoms with Crippen LogP contribution in [0, 0.1) is 11.3 Å². The first-order chi connectivity index (χ1) is 11.1. The van der Waals surface area contributed by atoms with Gasteiger partial charge >= 0.3 is 0 Å². The molecule has 0 bridgehead atoms. The minimum atomic E-state index is -0.124. The molecule has 1 N–H and O–H groups in total. The second kappa shape index (κ2) is 7.08. The number of benzene rings is 1. The number of hydrogen-bond acceptors (Lipinski definition) is 2. The van der Waals surface area contributed by atoms with Gasteiger partial charge < -0.3 is 0 Å². The Bertz CT molecular complexity index is 590. The summed E-state index contributed by atoms with van der Waals surface area (Å²) < 4.78 is 0. The molecular weight excluding hydrogens is 296 g/mol. The van der Waals surface area contributed by atoms with Gasteiger partial charge in [-0.15, -0.1) is 0 Å². The van der Waals surface area contributed by atoms with Crippen LogP contribution in [0.3, 0.4) is 0 Å². The quantitative estimate of drug-likeness (QED) is 0.735. The normalized spacial score (nSPS) is 19.1. The average molecular weight is 329 g/mol. The summed E-state index contributed by atoms with van der Waals surface area (Å²) in [7, 11) is 0. The van der Waals surface area contributed by atoms with Crippen molar-refractivity contribution in [3.05, 3.63) is 35.4 Å². The predicted octanol–water partition coefficient (Wildman–Crippen LogP) is 5.31. The number of carbonyl (C=O) groups excluding carboxylic acids is 1. The molecule has 1 aliphatic carbocycles. The fourth-order valence-electron chi connectivity index (χ4n) is 3.24. The number of nitrogens with one attached hydrogen (secondary N) is 1. The van der Waals surface area contributed by atoms with Crippen LogP contribution in [0.1, 0.15) is 83.1 Å². The Morgan fingerprint density at radius 2 is 1.54 bits per heavy atom. The third kappa shape index (κ3) is 4.93. The summed E-state index contributed by atoms with van der Waals surface area (Å²) in [4.78, 5) is 12.3. The summed E-state index contributed by atoms with van der Waals surface area (Å²) in [6, 6.07) is 7.81. The highest BCUT2D eigenvalue weighted by Crippen LogP contribution is 2.36. The van der Waals surface area contributed by atoms with E-state index in [1.54, 1.807) is 0 Å². The monoisotopic (exact) mass is 328 g/mol. The molecule has 0 aromatic heterocycles. The average Bonchev–Trinajstić information content (AvgIpc) is 2.51. The lowest BCUT2D eigenvalue weighted by Gasteiger charge is -2.34. The van der Waals surface area contributed by atoms with Crippen molar-refractivity contribution in [2.45, 2.75) is 72.6 Å². The molecule has 1 saturated carbocycles. The number of nitrogens with zero attached hydrogens (tertiary/aromatic N) is 1. The molecule has 0 unspecified atom stereocenters. The zero-order valence-corrected chi connectivity index (χ0v) is 16.1. The van der Waals surface area contributed by atoms with Crippen molar-refractivity contribution in [3.8, 4) is 0 Å². The predicted molar refractivity (Wildman–Crippen MR) is 101 cm³/mol. The van der Waals surface area contributed by atoms with E-state index in [2.05, 4.69) is 52.1 Å². The zero-order chi connectivity index (χ0) is 18.0. The second-order valence-electron chi connectivity index (χ2n) is 9.09. The van der Waals surface area contributed by atoms with Gasteiger partial charge in [-0.3, -0.25) is 4.79 Å². The van der Waals surface area contributed by atoms with Gasteiger partial charge in [-0.1, -0.05) is 53.7 Å². The molecule has 0 heterocycles. The molecule has 0 atom stereocenters. The second-order valence-corrected chi connectivity index (χ2v) is 9.09. The highest BCUT2D eigenvalue weighted by Gasteiger charge is 2.28. The highest BCUT2D eigenvalue weighted by atomic mass is 16.2. The lowest BCUT2D eigenvalue weighted by atomic mass is 9.72. The lowest BCUT2D eigenvalue weighted by molar-refractivity contribution is 0.0954. The molecule has 1 fully saturated rings. The van der Waals surface area contributed by atoms with Crippen LogP contribution in [-0.2, 0) is 5.41 Å². The minimum absolute atomic E-state index is 0.0981. The Morgan fingerprint density at radius 3 is 2.00 bits per heavy atom. The van der Waals surface area contributed by atoms with E-state index in [-0.39, 0.29) is 11.3 Å². The summed E-state index contributed by atoms with van der Waals surface area (Å²) in [6.07, 6.45) is 4.31. The summed E-state index contributed by atoms with van der Waals surface area (Å²) in [5.74, 6) is 0.623. The Kier molecular flexibility index (Phi) is 5.52. The highest BCUT2D eigenvalue weighted by molar-refractivity contribution is 5.95. The maximum Gasteiger partial charge on any atom is 0.271 e. The van der Waals surface area contributed by atoms with Crippen molar-refractivity contribution in [3.63, 3.8) is 0 Å². The summed E-state index contributed by atoms with van der Waals surface area (Å²) in [5.41, 5.74) is 6.20. The van der Waals surface area contributed by atoms with Crippen molar-refractivity contribution in [1.82, 2.24) is 5.43 Å². The van der Waals surface area contributed by atoms with E-state index in [1.807, 2.05) is 24.3 Å². The third-order valence-electron chi connectivity index (χ3n) is 5.12. The van der Waals surface area contributed by atoms with E-state index >= 15 is 0 Å². The molecule has 3 nitrogen and oxygen atoms in total. The van der Waals surface area contributed by atoms with E-state index < -0.39 is 0 Å². The number of rotatable bonds is 2. The SMILES string of the molecule is CC(C)(C)c1ccc(C(=O)NN=C2CCC(C(C)(C)C)CC2)cc1. The fourth-order valence-corrected chi connectivity index (χ4v) is 3.24. The largest absolute Gasteiger partial charge is 0.271 e. The van der Waals surface area contributed by atoms with Gasteiger partial charge in [0.25, 0.3) is 5.91 Å². The Morgan fingerprint density at radius 1 is 1.00 bits per heavy atom. The molecule has 1 aliphatic rings. The Hall–Kier alpha value is -1.64. The first-order valence-electron chi connectivity index (χ1n) is 9.03. The Balaban J connectivity index is 1.92. The minimum Gasteiger partial charge on any atom is -0.267 e. The van der Waals surface area contributed by atoms with Gasteiger partial charge in [0.15, 0.2) is 0 Å². The standard InChI is InChI=1S/C21H32N2O/c1-20(2,3)16-9-7-15(8-10-16)19(24)23-22-18-13-11-17(12-14-18)21(4,5)6/h7-10,17H,11-14H2,1-6H3,(H,23,24). The van der Waals surface area contributed by atoms with Gasteiger partial charge in [0, 0.05) is 11.3 Å². The van der Waals surface area contributed by atoms with Crippen LogP contribution in [-0.4, -0.2) is 11.6 Å². The molecule has 3 heteroatoms.